The van der Waals surface area contributed by atoms with E-state index in [-0.39, 0.29) is 0 Å². The number of ether oxygens (including phenoxy) is 1. The van der Waals surface area contributed by atoms with Gasteiger partial charge in [0.1, 0.15) is 5.82 Å². The number of thiazole rings is 1. The summed E-state index contributed by atoms with van der Waals surface area (Å²) in [4.78, 5) is 14.0. The molecule has 5 nitrogen and oxygen atoms in total. The van der Waals surface area contributed by atoms with Gasteiger partial charge in [-0.05, 0) is 20.8 Å². The fourth-order valence-corrected chi connectivity index (χ4v) is 2.51. The molecule has 0 saturated carbocycles. The summed E-state index contributed by atoms with van der Waals surface area (Å²) in [5.74, 6) is 0.768. The number of aromatic nitrogens is 3. The van der Waals surface area contributed by atoms with Crippen LogP contribution in [0.15, 0.2) is 6.07 Å². The standard InChI is InChI=1S/C12H16N4OS/c1-7-5-11(16-12(14-7)17-4)13-6-10-8(2)15-9(3)18-10/h5H,6H2,1-4H3,(H,13,14,16). The van der Waals surface area contributed by atoms with Crippen LogP contribution in [0.2, 0.25) is 0 Å². The van der Waals surface area contributed by atoms with Gasteiger partial charge in [0, 0.05) is 16.6 Å². The van der Waals surface area contributed by atoms with Crippen molar-refractivity contribution in [2.45, 2.75) is 27.3 Å². The molecule has 0 radical (unpaired) electrons. The number of nitrogens with zero attached hydrogens (tertiary/aromatic N) is 3. The molecule has 1 N–H and O–H groups in total. The molecule has 18 heavy (non-hydrogen) atoms. The molecule has 0 fully saturated rings. The van der Waals surface area contributed by atoms with Crippen molar-refractivity contribution in [3.63, 3.8) is 0 Å². The third kappa shape index (κ3) is 2.95. The molecule has 0 unspecified atom stereocenters. The largest absolute Gasteiger partial charge is 0.467 e. The van der Waals surface area contributed by atoms with Gasteiger partial charge in [0.15, 0.2) is 0 Å². The van der Waals surface area contributed by atoms with E-state index in [0.29, 0.717) is 6.01 Å². The predicted octanol–water partition coefficient (Wildman–Crippen LogP) is 2.48. The van der Waals surface area contributed by atoms with Gasteiger partial charge in [-0.2, -0.15) is 4.98 Å². The molecule has 0 spiro atoms. The van der Waals surface area contributed by atoms with Crippen LogP contribution in [-0.4, -0.2) is 22.1 Å². The Morgan fingerprint density at radius 1 is 1.22 bits per heavy atom. The topological polar surface area (TPSA) is 59.9 Å². The van der Waals surface area contributed by atoms with Crippen LogP contribution in [0.25, 0.3) is 0 Å². The second-order valence-electron chi connectivity index (χ2n) is 3.98. The van der Waals surface area contributed by atoms with Gasteiger partial charge in [0.05, 0.1) is 24.4 Å². The van der Waals surface area contributed by atoms with Crippen LogP contribution >= 0.6 is 11.3 Å². The molecule has 0 bridgehead atoms. The number of anilines is 1. The van der Waals surface area contributed by atoms with Gasteiger partial charge in [-0.25, -0.2) is 9.97 Å². The van der Waals surface area contributed by atoms with Crippen molar-refractivity contribution in [3.05, 3.63) is 27.3 Å². The van der Waals surface area contributed by atoms with Gasteiger partial charge < -0.3 is 10.1 Å². The van der Waals surface area contributed by atoms with E-state index in [4.69, 9.17) is 4.74 Å². The average molecular weight is 264 g/mol. The Kier molecular flexibility index (Phi) is 3.76. The number of aryl methyl sites for hydroxylation is 3. The summed E-state index contributed by atoms with van der Waals surface area (Å²) in [6, 6.07) is 2.28. The van der Waals surface area contributed by atoms with E-state index in [2.05, 4.69) is 20.3 Å². The minimum Gasteiger partial charge on any atom is -0.467 e. The first kappa shape index (κ1) is 12.8. The summed E-state index contributed by atoms with van der Waals surface area (Å²) in [7, 11) is 1.56. The molecule has 0 aromatic carbocycles. The molecule has 0 amide bonds. The Balaban J connectivity index is 2.10. The lowest BCUT2D eigenvalue weighted by Gasteiger charge is -2.06. The molecular weight excluding hydrogens is 248 g/mol. The maximum Gasteiger partial charge on any atom is 0.318 e. The van der Waals surface area contributed by atoms with Crippen molar-refractivity contribution in [2.24, 2.45) is 0 Å². The Morgan fingerprint density at radius 3 is 2.61 bits per heavy atom. The summed E-state index contributed by atoms with van der Waals surface area (Å²) < 4.78 is 5.04. The molecule has 96 valence electrons. The number of hydrogen-bond acceptors (Lipinski definition) is 6. The molecule has 0 aliphatic rings. The van der Waals surface area contributed by atoms with E-state index in [1.807, 2.05) is 26.8 Å². The van der Waals surface area contributed by atoms with E-state index in [0.717, 1.165) is 28.8 Å². The van der Waals surface area contributed by atoms with Crippen molar-refractivity contribution in [3.8, 4) is 6.01 Å². The summed E-state index contributed by atoms with van der Waals surface area (Å²) >= 11 is 1.70. The summed E-state index contributed by atoms with van der Waals surface area (Å²) in [6.07, 6.45) is 0. The zero-order chi connectivity index (χ0) is 13.1. The minimum atomic E-state index is 0.384. The smallest absolute Gasteiger partial charge is 0.318 e. The zero-order valence-corrected chi connectivity index (χ0v) is 11.8. The molecule has 2 aromatic heterocycles. The lowest BCUT2D eigenvalue weighted by atomic mass is 10.4. The van der Waals surface area contributed by atoms with Crippen LogP contribution in [0, 0.1) is 20.8 Å². The quantitative estimate of drug-likeness (QED) is 0.919. The van der Waals surface area contributed by atoms with E-state index in [1.165, 1.54) is 4.88 Å². The molecule has 2 aromatic rings. The number of methoxy groups -OCH3 is 1. The van der Waals surface area contributed by atoms with Crippen molar-refractivity contribution in [2.75, 3.05) is 12.4 Å². The highest BCUT2D eigenvalue weighted by Gasteiger charge is 2.06. The zero-order valence-electron chi connectivity index (χ0n) is 10.9. The molecular formula is C12H16N4OS. The lowest BCUT2D eigenvalue weighted by Crippen LogP contribution is -2.04. The van der Waals surface area contributed by atoms with Crippen molar-refractivity contribution in [1.29, 1.82) is 0 Å². The predicted molar refractivity (Wildman–Crippen MR) is 72.2 cm³/mol. The highest BCUT2D eigenvalue weighted by molar-refractivity contribution is 7.11. The number of hydrogen-bond donors (Lipinski definition) is 1. The SMILES string of the molecule is COc1nc(C)cc(NCc2sc(C)nc2C)n1. The minimum absolute atomic E-state index is 0.384. The Hall–Kier alpha value is -1.69. The summed E-state index contributed by atoms with van der Waals surface area (Å²) in [6.45, 7) is 6.67. The van der Waals surface area contributed by atoms with Crippen LogP contribution in [0.3, 0.4) is 0 Å². The monoisotopic (exact) mass is 264 g/mol. The molecule has 0 atom stereocenters. The third-order valence-electron chi connectivity index (χ3n) is 2.45. The molecule has 2 heterocycles. The second-order valence-corrected chi connectivity index (χ2v) is 5.26. The first-order valence-corrected chi connectivity index (χ1v) is 6.46. The lowest BCUT2D eigenvalue weighted by molar-refractivity contribution is 0.379. The molecule has 2 rings (SSSR count). The first-order chi connectivity index (χ1) is 8.58. The highest BCUT2D eigenvalue weighted by Crippen LogP contribution is 2.19. The fourth-order valence-electron chi connectivity index (χ4n) is 1.63. The maximum atomic E-state index is 5.04. The molecule has 0 aliphatic heterocycles. The van der Waals surface area contributed by atoms with Gasteiger partial charge in [0.25, 0.3) is 0 Å². The van der Waals surface area contributed by atoms with Crippen LogP contribution in [0.5, 0.6) is 6.01 Å². The Morgan fingerprint density at radius 2 is 2.00 bits per heavy atom. The first-order valence-electron chi connectivity index (χ1n) is 5.65. The average Bonchev–Trinajstić information content (AvgIpc) is 2.64. The van der Waals surface area contributed by atoms with E-state index in [9.17, 15) is 0 Å². The highest BCUT2D eigenvalue weighted by atomic mass is 32.1. The molecule has 0 saturated heterocycles. The maximum absolute atomic E-state index is 5.04. The van der Waals surface area contributed by atoms with Crippen LogP contribution in [0.4, 0.5) is 5.82 Å². The Bertz CT molecular complexity index is 553. The second kappa shape index (κ2) is 5.30. The van der Waals surface area contributed by atoms with Crippen LogP contribution in [0.1, 0.15) is 21.3 Å². The van der Waals surface area contributed by atoms with Crippen molar-refractivity contribution in [1.82, 2.24) is 15.0 Å². The Labute approximate surface area is 110 Å². The number of rotatable bonds is 4. The molecule has 6 heteroatoms. The third-order valence-corrected chi connectivity index (χ3v) is 3.52. The van der Waals surface area contributed by atoms with E-state index < -0.39 is 0 Å². The summed E-state index contributed by atoms with van der Waals surface area (Å²) in [5, 5.41) is 4.35. The van der Waals surface area contributed by atoms with E-state index >= 15 is 0 Å². The van der Waals surface area contributed by atoms with Gasteiger partial charge in [-0.1, -0.05) is 0 Å². The normalized spacial score (nSPS) is 10.4. The van der Waals surface area contributed by atoms with Gasteiger partial charge in [0.2, 0.25) is 0 Å². The van der Waals surface area contributed by atoms with Crippen LogP contribution < -0.4 is 10.1 Å². The van der Waals surface area contributed by atoms with E-state index in [1.54, 1.807) is 18.4 Å². The van der Waals surface area contributed by atoms with Crippen LogP contribution in [-0.2, 0) is 6.54 Å². The fraction of sp³-hybridized carbons (Fsp3) is 0.417. The van der Waals surface area contributed by atoms with Gasteiger partial charge in [-0.15, -0.1) is 11.3 Å². The van der Waals surface area contributed by atoms with Crippen molar-refractivity contribution < 1.29 is 4.74 Å². The summed E-state index contributed by atoms with van der Waals surface area (Å²) in [5.41, 5.74) is 1.95. The number of nitrogens with one attached hydrogen (secondary N) is 1. The van der Waals surface area contributed by atoms with Gasteiger partial charge in [-0.3, -0.25) is 0 Å². The van der Waals surface area contributed by atoms with Gasteiger partial charge >= 0.3 is 6.01 Å². The van der Waals surface area contributed by atoms with Crippen molar-refractivity contribution >= 4 is 17.2 Å². The molecule has 0 aliphatic carbocycles.